The van der Waals surface area contributed by atoms with Gasteiger partial charge in [0, 0.05) is 12.6 Å². The van der Waals surface area contributed by atoms with Gasteiger partial charge in [-0.05, 0) is 25.7 Å². The third-order valence-corrected chi connectivity index (χ3v) is 3.92. The Hall–Kier alpha value is -0.0800. The zero-order valence-electron chi connectivity index (χ0n) is 10.5. The summed E-state index contributed by atoms with van der Waals surface area (Å²) in [6, 6.07) is 0.530. The Morgan fingerprint density at radius 2 is 1.73 bits per heavy atom. The van der Waals surface area contributed by atoms with E-state index >= 15 is 0 Å². The Morgan fingerprint density at radius 3 is 2.27 bits per heavy atom. The van der Waals surface area contributed by atoms with E-state index in [9.17, 15) is 5.11 Å². The van der Waals surface area contributed by atoms with E-state index in [4.69, 9.17) is 0 Å². The van der Waals surface area contributed by atoms with Gasteiger partial charge in [0.25, 0.3) is 0 Å². The summed E-state index contributed by atoms with van der Waals surface area (Å²) in [5, 5.41) is 12.7. The van der Waals surface area contributed by atoms with Crippen molar-refractivity contribution in [3.05, 3.63) is 0 Å². The highest BCUT2D eigenvalue weighted by molar-refractivity contribution is 4.78. The van der Waals surface area contributed by atoms with Gasteiger partial charge < -0.3 is 10.4 Å². The minimum absolute atomic E-state index is 0.231. The summed E-state index contributed by atoms with van der Waals surface area (Å²) in [6.07, 6.45) is 6.84. The molecule has 0 bridgehead atoms. The number of nitrogens with one attached hydrogen (secondary N) is 1. The van der Waals surface area contributed by atoms with E-state index in [0.29, 0.717) is 6.04 Å². The number of hydrogen-bond donors (Lipinski definition) is 2. The van der Waals surface area contributed by atoms with E-state index in [1.165, 1.54) is 32.1 Å². The molecular formula is C13H27NO. The van der Waals surface area contributed by atoms with Crippen molar-refractivity contribution in [2.75, 3.05) is 6.54 Å². The van der Waals surface area contributed by atoms with Gasteiger partial charge >= 0.3 is 0 Å². The summed E-state index contributed by atoms with van der Waals surface area (Å²) in [5.74, 6) is 1.64. The van der Waals surface area contributed by atoms with E-state index in [1.54, 1.807) is 0 Å². The van der Waals surface area contributed by atoms with Crippen LogP contribution in [-0.2, 0) is 0 Å². The molecule has 0 saturated heterocycles. The van der Waals surface area contributed by atoms with E-state index in [-0.39, 0.29) is 6.10 Å². The van der Waals surface area contributed by atoms with Crippen LogP contribution in [0.2, 0.25) is 0 Å². The molecule has 1 saturated carbocycles. The highest BCUT2D eigenvalue weighted by Gasteiger charge is 2.24. The lowest BCUT2D eigenvalue weighted by Gasteiger charge is -2.32. The number of rotatable bonds is 5. The molecule has 0 radical (unpaired) electrons. The molecule has 3 atom stereocenters. The van der Waals surface area contributed by atoms with E-state index in [2.05, 4.69) is 19.2 Å². The summed E-state index contributed by atoms with van der Waals surface area (Å²) in [5.41, 5.74) is 0. The van der Waals surface area contributed by atoms with Crippen molar-refractivity contribution in [2.24, 2.45) is 11.8 Å². The maximum atomic E-state index is 9.23. The topological polar surface area (TPSA) is 32.3 Å². The van der Waals surface area contributed by atoms with Crippen LogP contribution in [0.5, 0.6) is 0 Å². The Morgan fingerprint density at radius 1 is 1.13 bits per heavy atom. The predicted octanol–water partition coefficient (Wildman–Crippen LogP) is 2.56. The smallest absolute Gasteiger partial charge is 0.0636 e. The Balaban J connectivity index is 2.27. The molecule has 0 aromatic carbocycles. The molecule has 1 aliphatic carbocycles. The Kier molecular flexibility index (Phi) is 5.62. The van der Waals surface area contributed by atoms with Gasteiger partial charge in [0.1, 0.15) is 0 Å². The zero-order chi connectivity index (χ0) is 11.3. The molecule has 15 heavy (non-hydrogen) atoms. The molecule has 2 unspecified atom stereocenters. The number of aliphatic hydroxyl groups excluding tert-OH is 1. The molecule has 2 nitrogen and oxygen atoms in total. The van der Waals surface area contributed by atoms with Crippen LogP contribution in [0.3, 0.4) is 0 Å². The lowest BCUT2D eigenvalue weighted by Crippen LogP contribution is -2.39. The molecule has 0 amide bonds. The first-order chi connectivity index (χ1) is 7.11. The lowest BCUT2D eigenvalue weighted by atomic mass is 9.78. The minimum atomic E-state index is -0.231. The average Bonchev–Trinajstić information content (AvgIpc) is 2.26. The predicted molar refractivity (Wildman–Crippen MR) is 64.9 cm³/mol. The summed E-state index contributed by atoms with van der Waals surface area (Å²) < 4.78 is 0. The Bertz CT molecular complexity index is 164. The molecule has 2 heteroatoms. The van der Waals surface area contributed by atoms with Crippen LogP contribution in [0.4, 0.5) is 0 Å². The highest BCUT2D eigenvalue weighted by atomic mass is 16.3. The maximum Gasteiger partial charge on any atom is 0.0636 e. The van der Waals surface area contributed by atoms with Crippen LogP contribution >= 0.6 is 0 Å². The van der Waals surface area contributed by atoms with Crippen LogP contribution in [0.1, 0.15) is 52.9 Å². The van der Waals surface area contributed by atoms with Gasteiger partial charge in [-0.1, -0.05) is 39.0 Å². The largest absolute Gasteiger partial charge is 0.392 e. The van der Waals surface area contributed by atoms with Crippen molar-refractivity contribution >= 4 is 0 Å². The molecule has 90 valence electrons. The Labute approximate surface area is 94.5 Å². The van der Waals surface area contributed by atoms with Crippen molar-refractivity contribution in [3.63, 3.8) is 0 Å². The van der Waals surface area contributed by atoms with E-state index in [1.807, 2.05) is 6.92 Å². The summed E-state index contributed by atoms with van der Waals surface area (Å²) in [7, 11) is 0. The molecule has 1 aliphatic rings. The van der Waals surface area contributed by atoms with Gasteiger partial charge in [-0.3, -0.25) is 0 Å². The first-order valence-corrected chi connectivity index (χ1v) is 6.52. The SMILES string of the molecule is CC(NC[C@H](C)O)C(C)C1CCCCC1. The van der Waals surface area contributed by atoms with Gasteiger partial charge in [0.15, 0.2) is 0 Å². The molecule has 1 rings (SSSR count). The molecule has 2 N–H and O–H groups in total. The fourth-order valence-corrected chi connectivity index (χ4v) is 2.61. The fourth-order valence-electron chi connectivity index (χ4n) is 2.61. The van der Waals surface area contributed by atoms with E-state index < -0.39 is 0 Å². The molecule has 1 fully saturated rings. The molecular weight excluding hydrogens is 186 g/mol. The molecule has 0 aliphatic heterocycles. The van der Waals surface area contributed by atoms with Crippen molar-refractivity contribution in [1.82, 2.24) is 5.32 Å². The van der Waals surface area contributed by atoms with Crippen LogP contribution in [0.15, 0.2) is 0 Å². The molecule has 0 heterocycles. The maximum absolute atomic E-state index is 9.23. The molecule has 0 aromatic rings. The summed E-state index contributed by atoms with van der Waals surface area (Å²) in [6.45, 7) is 7.17. The minimum Gasteiger partial charge on any atom is -0.392 e. The van der Waals surface area contributed by atoms with Crippen LogP contribution in [0, 0.1) is 11.8 Å². The van der Waals surface area contributed by atoms with Crippen molar-refractivity contribution in [1.29, 1.82) is 0 Å². The third kappa shape index (κ3) is 4.52. The second kappa shape index (κ2) is 6.49. The normalized spacial score (nSPS) is 24.8. The van der Waals surface area contributed by atoms with Crippen molar-refractivity contribution < 1.29 is 5.11 Å². The fraction of sp³-hybridized carbons (Fsp3) is 1.00. The van der Waals surface area contributed by atoms with Gasteiger partial charge in [0.05, 0.1) is 6.10 Å². The van der Waals surface area contributed by atoms with Gasteiger partial charge in [-0.25, -0.2) is 0 Å². The number of hydrogen-bond acceptors (Lipinski definition) is 2. The van der Waals surface area contributed by atoms with Gasteiger partial charge in [-0.2, -0.15) is 0 Å². The standard InChI is InChI=1S/C13H27NO/c1-10(15)9-14-12(3)11(2)13-7-5-4-6-8-13/h10-15H,4-9H2,1-3H3/t10-,11?,12?/m0/s1. The second-order valence-electron chi connectivity index (χ2n) is 5.30. The quantitative estimate of drug-likeness (QED) is 0.735. The van der Waals surface area contributed by atoms with Gasteiger partial charge in [0.2, 0.25) is 0 Å². The zero-order valence-corrected chi connectivity index (χ0v) is 10.5. The monoisotopic (exact) mass is 213 g/mol. The number of aliphatic hydroxyl groups is 1. The first kappa shape index (κ1) is 13.0. The average molecular weight is 213 g/mol. The second-order valence-corrected chi connectivity index (χ2v) is 5.30. The van der Waals surface area contributed by atoms with Crippen molar-refractivity contribution in [2.45, 2.75) is 65.0 Å². The molecule has 0 spiro atoms. The lowest BCUT2D eigenvalue weighted by molar-refractivity contribution is 0.167. The highest BCUT2D eigenvalue weighted by Crippen LogP contribution is 2.31. The van der Waals surface area contributed by atoms with E-state index in [0.717, 1.165) is 18.4 Å². The first-order valence-electron chi connectivity index (χ1n) is 6.52. The van der Waals surface area contributed by atoms with Crippen LogP contribution in [0.25, 0.3) is 0 Å². The molecule has 0 aromatic heterocycles. The van der Waals surface area contributed by atoms with Gasteiger partial charge in [-0.15, -0.1) is 0 Å². The summed E-state index contributed by atoms with van der Waals surface area (Å²) >= 11 is 0. The van der Waals surface area contributed by atoms with Crippen LogP contribution in [-0.4, -0.2) is 23.8 Å². The third-order valence-electron chi connectivity index (χ3n) is 3.92. The van der Waals surface area contributed by atoms with Crippen LogP contribution < -0.4 is 5.32 Å². The van der Waals surface area contributed by atoms with Crippen molar-refractivity contribution in [3.8, 4) is 0 Å². The summed E-state index contributed by atoms with van der Waals surface area (Å²) in [4.78, 5) is 0.